The molecule has 2 aliphatic rings. The number of hydrogen-bond acceptors (Lipinski definition) is 4. The largest absolute Gasteiger partial charge is 0.561 e. The minimum atomic E-state index is -3.39. The summed E-state index contributed by atoms with van der Waals surface area (Å²) in [5.74, 6) is -0.734. The molecule has 2 amide bonds. The van der Waals surface area contributed by atoms with E-state index in [1.807, 2.05) is 4.90 Å². The lowest BCUT2D eigenvalue weighted by Gasteiger charge is -2.45. The Morgan fingerprint density at radius 2 is 1.66 bits per heavy atom. The van der Waals surface area contributed by atoms with E-state index in [1.165, 1.54) is 44.2 Å². The Balaban J connectivity index is 1.53. The monoisotopic (exact) mass is 499 g/mol. The van der Waals surface area contributed by atoms with Crippen LogP contribution in [-0.4, -0.2) is 42.7 Å². The van der Waals surface area contributed by atoms with Crippen molar-refractivity contribution < 1.29 is 23.1 Å². The molecule has 0 radical (unpaired) electrons. The third kappa shape index (κ3) is 6.23. The molecule has 4 rings (SSSR count). The third-order valence-electron chi connectivity index (χ3n) is 7.71. The fourth-order valence-electron chi connectivity index (χ4n) is 5.65. The van der Waals surface area contributed by atoms with E-state index < -0.39 is 15.8 Å². The van der Waals surface area contributed by atoms with Gasteiger partial charge in [0, 0.05) is 29.3 Å². The molecule has 2 saturated carbocycles. The summed E-state index contributed by atoms with van der Waals surface area (Å²) in [6, 6.07) is 13.0. The van der Waals surface area contributed by atoms with Gasteiger partial charge in [0.15, 0.2) is 9.84 Å². The molecule has 2 aromatic rings. The number of sulfone groups is 1. The Morgan fingerprint density at radius 1 is 1.00 bits per heavy atom. The number of nitrogens with zero attached hydrogens (tertiary/aromatic N) is 1. The molecule has 0 unspecified atom stereocenters. The van der Waals surface area contributed by atoms with Gasteiger partial charge in [-0.1, -0.05) is 37.5 Å². The molecule has 2 fully saturated rings. The molecular weight excluding hydrogens is 464 g/mol. The van der Waals surface area contributed by atoms with Crippen molar-refractivity contribution in [1.29, 1.82) is 0 Å². The molecule has 8 heteroatoms. The Hall–Kier alpha value is -2.87. The summed E-state index contributed by atoms with van der Waals surface area (Å²) in [6.45, 7) is 0.377. The first kappa shape index (κ1) is 25.2. The van der Waals surface area contributed by atoms with Gasteiger partial charge in [-0.2, -0.15) is 0 Å². The average Bonchev–Trinajstić information content (AvgIpc) is 2.84. The summed E-state index contributed by atoms with van der Waals surface area (Å²) in [6.07, 6.45) is 11.8. The molecule has 188 valence electrons. The van der Waals surface area contributed by atoms with Crippen molar-refractivity contribution >= 4 is 27.5 Å². The quantitative estimate of drug-likeness (QED) is 0.572. The summed E-state index contributed by atoms with van der Waals surface area (Å²) in [7, 11) is -3.39. The first-order chi connectivity index (χ1) is 16.7. The van der Waals surface area contributed by atoms with Crippen molar-refractivity contribution in [3.63, 3.8) is 0 Å². The standard InChI is InChI=1S/C27H34N2O5S/c1-35(33,34)24-7-5-6-22(18-24)28-26(32)29(19-20-8-10-21(11-9-20)25(30)31)23-12-16-27(17-13-23)14-3-2-4-15-27/h5-11,18,23H,2-4,12-17,19H2,1H3,(H,28,32)(H,30,31)/p+1. The van der Waals surface area contributed by atoms with Crippen LogP contribution < -0.4 is 5.32 Å². The average molecular weight is 500 g/mol. The number of nitrogens with one attached hydrogen (secondary N) is 1. The zero-order chi connectivity index (χ0) is 25.1. The SMILES string of the molecule is CS(=O)(=O)c1cccc(NC(=O)N(Cc2ccc(C(=O)[OH2+])cc2)C2CCC3(CCCCC3)CC2)c1. The normalized spacial score (nSPS) is 18.2. The van der Waals surface area contributed by atoms with Crippen LogP contribution in [0, 0.1) is 5.41 Å². The summed E-state index contributed by atoms with van der Waals surface area (Å²) < 4.78 is 23.9. The minimum absolute atomic E-state index is 0.0816. The number of hydrogen-bond donors (Lipinski definition) is 1. The molecule has 1 spiro atoms. The molecule has 35 heavy (non-hydrogen) atoms. The molecule has 0 saturated heterocycles. The molecule has 0 atom stereocenters. The van der Waals surface area contributed by atoms with Gasteiger partial charge >= 0.3 is 12.0 Å². The van der Waals surface area contributed by atoms with E-state index in [9.17, 15) is 18.0 Å². The van der Waals surface area contributed by atoms with Gasteiger partial charge in [0.25, 0.3) is 0 Å². The van der Waals surface area contributed by atoms with E-state index in [4.69, 9.17) is 5.11 Å². The van der Waals surface area contributed by atoms with Crippen molar-refractivity contribution in [3.8, 4) is 0 Å². The smallest absolute Gasteiger partial charge is 0.549 e. The zero-order valence-electron chi connectivity index (χ0n) is 20.3. The predicted octanol–water partition coefficient (Wildman–Crippen LogP) is 4.88. The fraction of sp³-hybridized carbons (Fsp3) is 0.481. The summed E-state index contributed by atoms with van der Waals surface area (Å²) in [5.41, 5.74) is 2.07. The Kier molecular flexibility index (Phi) is 7.50. The first-order valence-corrected chi connectivity index (χ1v) is 14.3. The number of anilines is 1. The fourth-order valence-corrected chi connectivity index (χ4v) is 6.32. The van der Waals surface area contributed by atoms with Crippen LogP contribution in [0.4, 0.5) is 10.5 Å². The Bertz CT molecular complexity index is 1160. The molecule has 0 aliphatic heterocycles. The lowest BCUT2D eigenvalue weighted by molar-refractivity contribution is 0.0696. The highest BCUT2D eigenvalue weighted by Crippen LogP contribution is 2.48. The topological polar surface area (TPSA) is 106 Å². The van der Waals surface area contributed by atoms with Crippen molar-refractivity contribution in [2.24, 2.45) is 5.41 Å². The van der Waals surface area contributed by atoms with Crippen molar-refractivity contribution in [1.82, 2.24) is 4.90 Å². The summed E-state index contributed by atoms with van der Waals surface area (Å²) in [5, 5.41) is 10.2. The van der Waals surface area contributed by atoms with E-state index in [0.717, 1.165) is 37.5 Å². The second kappa shape index (κ2) is 10.4. The molecule has 3 N–H and O–H groups in total. The maximum Gasteiger partial charge on any atom is 0.549 e. The van der Waals surface area contributed by atoms with Gasteiger partial charge in [-0.05, 0) is 79.8 Å². The van der Waals surface area contributed by atoms with Gasteiger partial charge in [-0.15, -0.1) is 0 Å². The summed E-state index contributed by atoms with van der Waals surface area (Å²) in [4.78, 5) is 26.8. The van der Waals surface area contributed by atoms with Gasteiger partial charge in [0.05, 0.1) is 4.90 Å². The highest BCUT2D eigenvalue weighted by Gasteiger charge is 2.38. The van der Waals surface area contributed by atoms with Crippen LogP contribution in [-0.2, 0) is 16.4 Å². The molecule has 0 heterocycles. The predicted molar refractivity (Wildman–Crippen MR) is 136 cm³/mol. The minimum Gasteiger partial charge on any atom is -0.561 e. The lowest BCUT2D eigenvalue weighted by atomic mass is 9.64. The molecular formula is C27H35N2O5S+. The Labute approximate surface area is 207 Å². The number of urea groups is 1. The van der Waals surface area contributed by atoms with Crippen LogP contribution >= 0.6 is 0 Å². The van der Waals surface area contributed by atoms with Crippen LogP contribution in [0.2, 0.25) is 0 Å². The van der Waals surface area contributed by atoms with Crippen molar-refractivity contribution in [2.45, 2.75) is 75.3 Å². The maximum absolute atomic E-state index is 13.5. The van der Waals surface area contributed by atoms with Crippen molar-refractivity contribution in [2.75, 3.05) is 11.6 Å². The second-order valence-corrected chi connectivity index (χ2v) is 12.2. The van der Waals surface area contributed by atoms with Crippen LogP contribution in [0.25, 0.3) is 0 Å². The van der Waals surface area contributed by atoms with E-state index >= 15 is 0 Å². The van der Waals surface area contributed by atoms with E-state index in [-0.39, 0.29) is 17.0 Å². The number of amides is 2. The van der Waals surface area contributed by atoms with Gasteiger partial charge < -0.3 is 15.3 Å². The van der Waals surface area contributed by atoms with E-state index in [2.05, 4.69) is 5.32 Å². The van der Waals surface area contributed by atoms with Crippen molar-refractivity contribution in [3.05, 3.63) is 59.7 Å². The van der Waals surface area contributed by atoms with Gasteiger partial charge in [-0.3, -0.25) is 0 Å². The van der Waals surface area contributed by atoms with Crippen LogP contribution in [0.3, 0.4) is 0 Å². The summed E-state index contributed by atoms with van der Waals surface area (Å²) >= 11 is 0. The van der Waals surface area contributed by atoms with Gasteiger partial charge in [-0.25, -0.2) is 13.2 Å². The van der Waals surface area contributed by atoms with E-state index in [1.54, 1.807) is 36.4 Å². The zero-order valence-corrected chi connectivity index (χ0v) is 21.1. The van der Waals surface area contributed by atoms with Crippen LogP contribution in [0.1, 0.15) is 73.7 Å². The maximum atomic E-state index is 13.5. The number of carbonyl (C=O) groups is 2. The van der Waals surface area contributed by atoms with Gasteiger partial charge in [0.1, 0.15) is 5.56 Å². The lowest BCUT2D eigenvalue weighted by Crippen LogP contribution is -2.46. The molecule has 7 nitrogen and oxygen atoms in total. The first-order valence-electron chi connectivity index (χ1n) is 12.4. The van der Waals surface area contributed by atoms with Gasteiger partial charge in [0.2, 0.25) is 0 Å². The van der Waals surface area contributed by atoms with E-state index in [0.29, 0.717) is 23.2 Å². The Morgan fingerprint density at radius 3 is 2.26 bits per heavy atom. The molecule has 0 bridgehead atoms. The number of benzene rings is 2. The van der Waals surface area contributed by atoms with Crippen LogP contribution in [0.5, 0.6) is 0 Å². The molecule has 2 aromatic carbocycles. The number of rotatable bonds is 6. The highest BCUT2D eigenvalue weighted by molar-refractivity contribution is 7.90. The third-order valence-corrected chi connectivity index (χ3v) is 8.82. The van der Waals surface area contributed by atoms with Crippen LogP contribution in [0.15, 0.2) is 53.4 Å². The highest BCUT2D eigenvalue weighted by atomic mass is 32.2. The number of carbonyl (C=O) groups excluding carboxylic acids is 2. The molecule has 2 aliphatic carbocycles. The molecule has 0 aromatic heterocycles. The second-order valence-electron chi connectivity index (χ2n) is 10.2.